The average Bonchev–Trinajstić information content (AvgIpc) is 2.17. The molecule has 0 bridgehead atoms. The van der Waals surface area contributed by atoms with Gasteiger partial charge in [-0.1, -0.05) is 0 Å². The van der Waals surface area contributed by atoms with Crippen molar-refractivity contribution in [2.75, 3.05) is 7.11 Å². The van der Waals surface area contributed by atoms with E-state index in [1.165, 1.54) is 19.2 Å². The van der Waals surface area contributed by atoms with Crippen molar-refractivity contribution in [2.24, 2.45) is 0 Å². The van der Waals surface area contributed by atoms with Gasteiger partial charge in [0.05, 0.1) is 19.2 Å². The number of halogens is 3. The number of rotatable bonds is 3. The Labute approximate surface area is 93.6 Å². The van der Waals surface area contributed by atoms with Gasteiger partial charge < -0.3 is 4.74 Å². The number of methoxy groups -OCH3 is 1. The van der Waals surface area contributed by atoms with E-state index in [4.69, 9.17) is 0 Å². The van der Waals surface area contributed by atoms with Crippen LogP contribution in [0.1, 0.15) is 17.7 Å². The first-order valence-corrected chi connectivity index (χ1v) is 4.84. The molecule has 0 spiro atoms. The maximum absolute atomic E-state index is 12.5. The third-order valence-electron chi connectivity index (χ3n) is 1.75. The van der Waals surface area contributed by atoms with E-state index in [9.17, 15) is 13.6 Å². The molecule has 1 aromatic rings. The van der Waals surface area contributed by atoms with E-state index >= 15 is 0 Å². The number of hydrogen-bond donors (Lipinski definition) is 0. The van der Waals surface area contributed by atoms with E-state index in [2.05, 4.69) is 25.7 Å². The molecule has 1 heterocycles. The van der Waals surface area contributed by atoms with Gasteiger partial charge in [0.25, 0.3) is 6.43 Å². The predicted octanol–water partition coefficient (Wildman–Crippen LogP) is 2.50. The number of carbonyl (C=O) groups excluding carboxylic acids is 1. The van der Waals surface area contributed by atoms with Crippen LogP contribution in [0.2, 0.25) is 0 Å². The minimum atomic E-state index is -2.65. The summed E-state index contributed by atoms with van der Waals surface area (Å²) in [5.41, 5.74) is -0.213. The molecule has 0 fully saturated rings. The van der Waals surface area contributed by atoms with Gasteiger partial charge in [-0.15, -0.1) is 0 Å². The summed E-state index contributed by atoms with van der Waals surface area (Å²) >= 11 is 3.05. The summed E-state index contributed by atoms with van der Waals surface area (Å²) in [6.45, 7) is 0. The first kappa shape index (κ1) is 12.0. The van der Waals surface area contributed by atoms with E-state index in [1.54, 1.807) is 0 Å². The van der Waals surface area contributed by atoms with Crippen LogP contribution >= 0.6 is 15.9 Å². The Bertz CT molecular complexity index is 371. The molecule has 1 rings (SSSR count). The summed E-state index contributed by atoms with van der Waals surface area (Å²) in [7, 11) is 1.20. The summed E-state index contributed by atoms with van der Waals surface area (Å²) in [4.78, 5) is 14.8. The van der Waals surface area contributed by atoms with Gasteiger partial charge in [-0.2, -0.15) is 0 Å². The van der Waals surface area contributed by atoms with E-state index in [0.717, 1.165) is 0 Å². The van der Waals surface area contributed by atoms with Crippen LogP contribution in [0.3, 0.4) is 0 Å². The highest BCUT2D eigenvalue weighted by molar-refractivity contribution is 9.10. The average molecular weight is 280 g/mol. The molecule has 0 N–H and O–H groups in total. The lowest BCUT2D eigenvalue weighted by Gasteiger charge is -2.07. The van der Waals surface area contributed by atoms with E-state index in [1.807, 2.05) is 0 Å². The third kappa shape index (κ3) is 3.23. The molecule has 0 atom stereocenters. The van der Waals surface area contributed by atoms with Crippen molar-refractivity contribution >= 4 is 21.9 Å². The van der Waals surface area contributed by atoms with E-state index in [0.29, 0.717) is 4.60 Å². The molecule has 0 amide bonds. The molecular formula is C9H8BrF2NO2. The van der Waals surface area contributed by atoms with Crippen LogP contribution in [0.25, 0.3) is 0 Å². The van der Waals surface area contributed by atoms with Gasteiger partial charge >= 0.3 is 5.97 Å². The zero-order chi connectivity index (χ0) is 11.4. The van der Waals surface area contributed by atoms with Gasteiger partial charge in [0.15, 0.2) is 0 Å². The monoisotopic (exact) mass is 279 g/mol. The number of aromatic nitrogens is 1. The van der Waals surface area contributed by atoms with Gasteiger partial charge in [-0.25, -0.2) is 13.8 Å². The quantitative estimate of drug-likeness (QED) is 0.630. The normalized spacial score (nSPS) is 10.5. The highest BCUT2D eigenvalue weighted by atomic mass is 79.9. The molecule has 0 saturated heterocycles. The number of hydrogen-bond acceptors (Lipinski definition) is 3. The zero-order valence-corrected chi connectivity index (χ0v) is 9.42. The molecule has 6 heteroatoms. The minimum absolute atomic E-state index is 0.0335. The Hall–Kier alpha value is -1.04. The molecule has 0 radical (unpaired) electrons. The topological polar surface area (TPSA) is 39.2 Å². The molecule has 82 valence electrons. The highest BCUT2D eigenvalue weighted by Gasteiger charge is 2.17. The van der Waals surface area contributed by atoms with Crippen LogP contribution in [-0.4, -0.2) is 18.1 Å². The molecule has 0 unspecified atom stereocenters. The van der Waals surface area contributed by atoms with Crippen LogP contribution in [0.5, 0.6) is 0 Å². The number of ether oxygens (including phenoxy) is 1. The maximum atomic E-state index is 12.5. The summed E-state index contributed by atoms with van der Waals surface area (Å²) in [5.74, 6) is -0.595. The van der Waals surface area contributed by atoms with Crippen molar-refractivity contribution in [2.45, 2.75) is 12.8 Å². The largest absolute Gasteiger partial charge is 0.469 e. The molecular weight excluding hydrogens is 272 g/mol. The fraction of sp³-hybridized carbons (Fsp3) is 0.333. The molecule has 0 aromatic carbocycles. The number of alkyl halides is 2. The Morgan fingerprint density at radius 2 is 2.27 bits per heavy atom. The molecule has 0 aliphatic carbocycles. The van der Waals surface area contributed by atoms with Gasteiger partial charge in [0, 0.05) is 5.56 Å². The predicted molar refractivity (Wildman–Crippen MR) is 52.6 cm³/mol. The first-order chi connectivity index (χ1) is 7.04. The van der Waals surface area contributed by atoms with Crippen molar-refractivity contribution in [1.29, 1.82) is 0 Å². The van der Waals surface area contributed by atoms with E-state index < -0.39 is 12.4 Å². The van der Waals surface area contributed by atoms with Gasteiger partial charge in [0.2, 0.25) is 0 Å². The van der Waals surface area contributed by atoms with Crippen LogP contribution in [-0.2, 0) is 16.0 Å². The summed E-state index contributed by atoms with van der Waals surface area (Å²) in [5, 5.41) is 0. The Kier molecular flexibility index (Phi) is 4.14. The van der Waals surface area contributed by atoms with Crippen molar-refractivity contribution < 1.29 is 18.3 Å². The summed E-state index contributed by atoms with van der Waals surface area (Å²) in [6.07, 6.45) is -2.90. The molecule has 0 aliphatic rings. The second kappa shape index (κ2) is 5.16. The second-order valence-electron chi connectivity index (χ2n) is 2.72. The fourth-order valence-corrected chi connectivity index (χ4v) is 1.38. The third-order valence-corrected chi connectivity index (χ3v) is 2.19. The Balaban J connectivity index is 3.02. The van der Waals surface area contributed by atoms with Crippen LogP contribution in [0.15, 0.2) is 16.7 Å². The molecule has 0 saturated carbocycles. The number of nitrogens with zero attached hydrogens (tertiary/aromatic N) is 1. The Morgan fingerprint density at radius 1 is 1.60 bits per heavy atom. The van der Waals surface area contributed by atoms with Gasteiger partial charge in [-0.3, -0.25) is 4.79 Å². The van der Waals surface area contributed by atoms with Crippen molar-refractivity contribution in [3.63, 3.8) is 0 Å². The first-order valence-electron chi connectivity index (χ1n) is 4.05. The SMILES string of the molecule is COC(=O)Cc1nc(Br)ccc1C(F)F. The highest BCUT2D eigenvalue weighted by Crippen LogP contribution is 2.23. The molecule has 0 aliphatic heterocycles. The number of carbonyl (C=O) groups is 1. The lowest BCUT2D eigenvalue weighted by molar-refractivity contribution is -0.139. The number of esters is 1. The van der Waals surface area contributed by atoms with Crippen LogP contribution in [0, 0.1) is 0 Å². The zero-order valence-electron chi connectivity index (χ0n) is 7.84. The van der Waals surface area contributed by atoms with Gasteiger partial charge in [0.1, 0.15) is 4.60 Å². The van der Waals surface area contributed by atoms with E-state index in [-0.39, 0.29) is 17.7 Å². The second-order valence-corrected chi connectivity index (χ2v) is 3.54. The summed E-state index contributed by atoms with van der Waals surface area (Å²) < 4.78 is 29.8. The van der Waals surface area contributed by atoms with Crippen molar-refractivity contribution in [3.8, 4) is 0 Å². The van der Waals surface area contributed by atoms with Crippen LogP contribution in [0.4, 0.5) is 8.78 Å². The minimum Gasteiger partial charge on any atom is -0.469 e. The molecule has 1 aromatic heterocycles. The lowest BCUT2D eigenvalue weighted by atomic mass is 10.1. The molecule has 15 heavy (non-hydrogen) atoms. The smallest absolute Gasteiger partial charge is 0.311 e. The van der Waals surface area contributed by atoms with Crippen molar-refractivity contribution in [1.82, 2.24) is 4.98 Å². The fourth-order valence-electron chi connectivity index (χ4n) is 1.03. The standard InChI is InChI=1S/C9H8BrF2NO2/c1-15-8(14)4-6-5(9(11)12)2-3-7(10)13-6/h2-3,9H,4H2,1H3. The number of pyridine rings is 1. The Morgan fingerprint density at radius 3 is 2.80 bits per heavy atom. The molecule has 3 nitrogen and oxygen atoms in total. The maximum Gasteiger partial charge on any atom is 0.311 e. The summed E-state index contributed by atoms with van der Waals surface area (Å²) in [6, 6.07) is 2.64. The van der Waals surface area contributed by atoms with Crippen LogP contribution < -0.4 is 0 Å². The lowest BCUT2D eigenvalue weighted by Crippen LogP contribution is -2.09. The van der Waals surface area contributed by atoms with Crippen molar-refractivity contribution in [3.05, 3.63) is 28.0 Å². The van der Waals surface area contributed by atoms with Gasteiger partial charge in [-0.05, 0) is 28.1 Å².